The maximum Gasteiger partial charge on any atom is 0.416 e. The van der Waals surface area contributed by atoms with Gasteiger partial charge in [-0.15, -0.1) is 0 Å². The van der Waals surface area contributed by atoms with Gasteiger partial charge in [-0.25, -0.2) is 0 Å². The molecule has 8 heteroatoms. The van der Waals surface area contributed by atoms with Crippen molar-refractivity contribution in [1.82, 2.24) is 9.80 Å². The SMILES string of the molecule is C[C@]12CCN(C(=O)CN)[C@H]1CCCCC(=O)N2Cc1cccc(C(F)(F)F)c1. The van der Waals surface area contributed by atoms with E-state index < -0.39 is 17.3 Å². The molecule has 2 aliphatic rings. The largest absolute Gasteiger partial charge is 0.416 e. The Bertz CT molecular complexity index is 752. The van der Waals surface area contributed by atoms with Crippen LogP contribution >= 0.6 is 0 Å². The number of nitrogens with zero attached hydrogens (tertiary/aromatic N) is 2. The zero-order valence-electron chi connectivity index (χ0n) is 16.0. The van der Waals surface area contributed by atoms with Gasteiger partial charge in [-0.1, -0.05) is 18.6 Å². The van der Waals surface area contributed by atoms with E-state index in [1.165, 1.54) is 6.07 Å². The fraction of sp³-hybridized carbons (Fsp3) is 0.600. The van der Waals surface area contributed by atoms with Crippen molar-refractivity contribution in [2.24, 2.45) is 5.73 Å². The van der Waals surface area contributed by atoms with Crippen LogP contribution in [0.1, 0.15) is 50.2 Å². The normalized spacial score (nSPS) is 26.0. The predicted octanol–water partition coefficient (Wildman–Crippen LogP) is 2.93. The molecule has 2 fully saturated rings. The molecule has 2 N–H and O–H groups in total. The van der Waals surface area contributed by atoms with Crippen LogP contribution in [0, 0.1) is 0 Å². The molecule has 0 radical (unpaired) electrons. The van der Waals surface area contributed by atoms with Crippen molar-refractivity contribution in [3.8, 4) is 0 Å². The number of nitrogens with two attached hydrogens (primary N) is 1. The number of amides is 2. The molecule has 1 aromatic carbocycles. The highest BCUT2D eigenvalue weighted by Gasteiger charge is 2.50. The highest BCUT2D eigenvalue weighted by Crippen LogP contribution is 2.40. The average molecular weight is 397 g/mol. The van der Waals surface area contributed by atoms with E-state index in [1.54, 1.807) is 15.9 Å². The Morgan fingerprint density at radius 1 is 1.32 bits per heavy atom. The summed E-state index contributed by atoms with van der Waals surface area (Å²) in [6.45, 7) is 2.45. The third kappa shape index (κ3) is 3.87. The van der Waals surface area contributed by atoms with Crippen molar-refractivity contribution < 1.29 is 22.8 Å². The monoisotopic (exact) mass is 397 g/mol. The number of carbonyl (C=O) groups excluding carboxylic acids is 2. The standard InChI is InChI=1S/C20H26F3N3O2/c1-19-9-10-25(18(28)12-24)16(19)7-2-3-8-17(27)26(19)13-14-5-4-6-15(11-14)20(21,22)23/h4-6,11,16H,2-3,7-10,12-13,24H2,1H3/t16-,19-/m0/s1. The topological polar surface area (TPSA) is 66.6 Å². The number of fused-ring (bicyclic) bond motifs is 1. The maximum absolute atomic E-state index is 13.1. The minimum absolute atomic E-state index is 0.0772. The van der Waals surface area contributed by atoms with Crippen LogP contribution in [-0.2, 0) is 22.3 Å². The Morgan fingerprint density at radius 2 is 2.07 bits per heavy atom. The first-order chi connectivity index (χ1) is 13.2. The molecule has 1 aromatic rings. The highest BCUT2D eigenvalue weighted by atomic mass is 19.4. The molecule has 0 bridgehead atoms. The first-order valence-corrected chi connectivity index (χ1v) is 9.63. The minimum atomic E-state index is -4.43. The second-order valence-electron chi connectivity index (χ2n) is 7.84. The van der Waals surface area contributed by atoms with Gasteiger partial charge in [0.05, 0.1) is 23.7 Å². The Kier molecular flexibility index (Phi) is 5.70. The van der Waals surface area contributed by atoms with Crippen LogP contribution in [0.2, 0.25) is 0 Å². The second-order valence-corrected chi connectivity index (χ2v) is 7.84. The summed E-state index contributed by atoms with van der Waals surface area (Å²) in [4.78, 5) is 28.6. The maximum atomic E-state index is 13.1. The van der Waals surface area contributed by atoms with Gasteiger partial charge in [-0.3, -0.25) is 9.59 Å². The molecule has 0 spiro atoms. The molecular formula is C20H26F3N3O2. The van der Waals surface area contributed by atoms with Crippen molar-refractivity contribution in [3.05, 3.63) is 35.4 Å². The third-order valence-electron chi connectivity index (χ3n) is 6.08. The molecule has 2 amide bonds. The summed E-state index contributed by atoms with van der Waals surface area (Å²) in [5, 5.41) is 0. The second kappa shape index (κ2) is 7.73. The van der Waals surface area contributed by atoms with Gasteiger partial charge in [-0.05, 0) is 43.9 Å². The van der Waals surface area contributed by atoms with E-state index in [1.807, 2.05) is 6.92 Å². The molecule has 2 atom stereocenters. The van der Waals surface area contributed by atoms with Crippen LogP contribution in [0.4, 0.5) is 13.2 Å². The predicted molar refractivity (Wildman–Crippen MR) is 98.0 cm³/mol. The summed E-state index contributed by atoms with van der Waals surface area (Å²) in [5.41, 5.74) is 4.65. The Hall–Kier alpha value is -2.09. The fourth-order valence-electron chi connectivity index (χ4n) is 4.53. The van der Waals surface area contributed by atoms with E-state index >= 15 is 0 Å². The van der Waals surface area contributed by atoms with Crippen LogP contribution in [-0.4, -0.2) is 46.3 Å². The lowest BCUT2D eigenvalue weighted by molar-refractivity contribution is -0.143. The van der Waals surface area contributed by atoms with Crippen molar-refractivity contribution in [2.75, 3.05) is 13.1 Å². The number of likely N-dealkylation sites (tertiary alicyclic amines) is 2. The van der Waals surface area contributed by atoms with Crippen molar-refractivity contribution in [2.45, 2.75) is 63.3 Å². The van der Waals surface area contributed by atoms with Crippen LogP contribution in [0.15, 0.2) is 24.3 Å². The fourth-order valence-corrected chi connectivity index (χ4v) is 4.53. The summed E-state index contributed by atoms with van der Waals surface area (Å²) in [6.07, 6.45) is -1.18. The quantitative estimate of drug-likeness (QED) is 0.853. The molecule has 28 heavy (non-hydrogen) atoms. The first kappa shape index (κ1) is 20.6. The first-order valence-electron chi connectivity index (χ1n) is 9.63. The van der Waals surface area contributed by atoms with E-state index in [4.69, 9.17) is 5.73 Å². The molecule has 2 heterocycles. The van der Waals surface area contributed by atoms with Gasteiger partial charge >= 0.3 is 6.18 Å². The molecule has 3 rings (SSSR count). The lowest BCUT2D eigenvalue weighted by Gasteiger charge is -2.45. The lowest BCUT2D eigenvalue weighted by atomic mass is 9.84. The van der Waals surface area contributed by atoms with E-state index in [-0.39, 0.29) is 30.9 Å². The third-order valence-corrected chi connectivity index (χ3v) is 6.08. The van der Waals surface area contributed by atoms with E-state index in [0.29, 0.717) is 31.4 Å². The van der Waals surface area contributed by atoms with E-state index in [2.05, 4.69) is 0 Å². The molecule has 0 unspecified atom stereocenters. The molecule has 2 aliphatic heterocycles. The van der Waals surface area contributed by atoms with Gasteiger partial charge in [0.1, 0.15) is 0 Å². The summed E-state index contributed by atoms with van der Waals surface area (Å²) in [7, 11) is 0. The molecule has 154 valence electrons. The Morgan fingerprint density at radius 3 is 2.75 bits per heavy atom. The molecule has 5 nitrogen and oxygen atoms in total. The van der Waals surface area contributed by atoms with Crippen LogP contribution < -0.4 is 5.73 Å². The van der Waals surface area contributed by atoms with Gasteiger partial charge < -0.3 is 15.5 Å². The minimum Gasteiger partial charge on any atom is -0.336 e. The van der Waals surface area contributed by atoms with Crippen LogP contribution in [0.3, 0.4) is 0 Å². The summed E-state index contributed by atoms with van der Waals surface area (Å²) in [5.74, 6) is -0.229. The van der Waals surface area contributed by atoms with Crippen LogP contribution in [0.5, 0.6) is 0 Å². The number of halogens is 3. The highest BCUT2D eigenvalue weighted by molar-refractivity contribution is 5.80. The molecule has 0 aliphatic carbocycles. The number of benzene rings is 1. The summed E-state index contributed by atoms with van der Waals surface area (Å²) >= 11 is 0. The Balaban J connectivity index is 1.93. The van der Waals surface area contributed by atoms with Gasteiger partial charge in [0, 0.05) is 19.5 Å². The smallest absolute Gasteiger partial charge is 0.336 e. The van der Waals surface area contributed by atoms with Crippen LogP contribution in [0.25, 0.3) is 0 Å². The van der Waals surface area contributed by atoms with Gasteiger partial charge in [0.2, 0.25) is 11.8 Å². The van der Waals surface area contributed by atoms with Gasteiger partial charge in [-0.2, -0.15) is 13.2 Å². The van der Waals surface area contributed by atoms with Crippen molar-refractivity contribution in [3.63, 3.8) is 0 Å². The summed E-state index contributed by atoms with van der Waals surface area (Å²) < 4.78 is 39.2. The number of carbonyl (C=O) groups is 2. The van der Waals surface area contributed by atoms with Gasteiger partial charge in [0.15, 0.2) is 0 Å². The number of alkyl halides is 3. The average Bonchev–Trinajstić information content (AvgIpc) is 2.98. The van der Waals surface area contributed by atoms with E-state index in [0.717, 1.165) is 25.0 Å². The van der Waals surface area contributed by atoms with Crippen molar-refractivity contribution >= 4 is 11.8 Å². The molecular weight excluding hydrogens is 371 g/mol. The molecule has 0 aromatic heterocycles. The summed E-state index contributed by atoms with van der Waals surface area (Å²) in [6, 6.07) is 4.93. The number of hydrogen-bond donors (Lipinski definition) is 1. The van der Waals surface area contributed by atoms with Crippen molar-refractivity contribution in [1.29, 1.82) is 0 Å². The Labute approximate surface area is 162 Å². The zero-order valence-corrected chi connectivity index (χ0v) is 16.0. The number of rotatable bonds is 3. The molecule has 2 saturated heterocycles. The zero-order chi connectivity index (χ0) is 20.5. The van der Waals surface area contributed by atoms with E-state index in [9.17, 15) is 22.8 Å². The van der Waals surface area contributed by atoms with Gasteiger partial charge in [0.25, 0.3) is 0 Å². The lowest BCUT2D eigenvalue weighted by Crippen LogP contribution is -2.58. The number of hydrogen-bond acceptors (Lipinski definition) is 3. The molecule has 0 saturated carbocycles.